The number of nitrogens with zero attached hydrogens (tertiary/aromatic N) is 2. The number of ether oxygens (including phenoxy) is 1. The van der Waals surface area contributed by atoms with Gasteiger partial charge in [0.1, 0.15) is 21.8 Å². The first-order chi connectivity index (χ1) is 9.02. The number of ketones is 1. The summed E-state index contributed by atoms with van der Waals surface area (Å²) in [6.45, 7) is 1.55. The lowest BCUT2D eigenvalue weighted by Gasteiger charge is -2.05. The summed E-state index contributed by atoms with van der Waals surface area (Å²) in [5.74, 6) is 0.657. The van der Waals surface area contributed by atoms with Crippen molar-refractivity contribution in [3.05, 3.63) is 46.2 Å². The number of hydrogen-bond acceptors (Lipinski definition) is 4. The molecule has 0 radical (unpaired) electrons. The Labute approximate surface area is 120 Å². The van der Waals surface area contributed by atoms with Crippen molar-refractivity contribution in [2.24, 2.45) is 0 Å². The number of Topliss-reactive ketones (excluding diaryl/α,β-unsaturated/α-hetero) is 1. The van der Waals surface area contributed by atoms with E-state index in [9.17, 15) is 4.79 Å². The smallest absolute Gasteiger partial charge is 0.324 e. The van der Waals surface area contributed by atoms with Gasteiger partial charge in [-0.05, 0) is 24.6 Å². The first-order valence-electron chi connectivity index (χ1n) is 5.49. The van der Waals surface area contributed by atoms with E-state index < -0.39 is 0 Å². The first-order valence-corrected chi connectivity index (χ1v) is 6.25. The second-order valence-corrected chi connectivity index (χ2v) is 4.70. The summed E-state index contributed by atoms with van der Waals surface area (Å²) in [4.78, 5) is 18.8. The largest absolute Gasteiger partial charge is 0.424 e. The van der Waals surface area contributed by atoms with Gasteiger partial charge in [0, 0.05) is 12.5 Å². The number of rotatable bonds is 4. The van der Waals surface area contributed by atoms with Crippen molar-refractivity contribution in [3.63, 3.8) is 0 Å². The SMILES string of the molecule is CC(=O)Cc1ccc(Oc2nc(Cl)cc(Cl)n2)cc1. The van der Waals surface area contributed by atoms with Gasteiger partial charge in [-0.15, -0.1) is 0 Å². The zero-order valence-corrected chi connectivity index (χ0v) is 11.6. The van der Waals surface area contributed by atoms with Crippen LogP contribution in [0.1, 0.15) is 12.5 Å². The Bertz CT molecular complexity index is 580. The molecule has 0 saturated heterocycles. The monoisotopic (exact) mass is 296 g/mol. The van der Waals surface area contributed by atoms with E-state index in [2.05, 4.69) is 9.97 Å². The van der Waals surface area contributed by atoms with Gasteiger partial charge in [0.05, 0.1) is 0 Å². The van der Waals surface area contributed by atoms with Crippen molar-refractivity contribution < 1.29 is 9.53 Å². The molecule has 0 bridgehead atoms. The van der Waals surface area contributed by atoms with Crippen LogP contribution in [0.15, 0.2) is 30.3 Å². The van der Waals surface area contributed by atoms with Crippen LogP contribution in [-0.4, -0.2) is 15.8 Å². The average Bonchev–Trinajstić information content (AvgIpc) is 2.29. The van der Waals surface area contributed by atoms with E-state index in [0.717, 1.165) is 5.56 Å². The second-order valence-electron chi connectivity index (χ2n) is 3.92. The number of aromatic nitrogens is 2. The highest BCUT2D eigenvalue weighted by Gasteiger charge is 2.05. The van der Waals surface area contributed by atoms with E-state index in [1.54, 1.807) is 19.1 Å². The third-order valence-electron chi connectivity index (χ3n) is 2.23. The summed E-state index contributed by atoms with van der Waals surface area (Å²) in [6, 6.07) is 8.58. The van der Waals surface area contributed by atoms with E-state index in [4.69, 9.17) is 27.9 Å². The molecule has 1 aromatic heterocycles. The van der Waals surface area contributed by atoms with Crippen LogP contribution in [0.3, 0.4) is 0 Å². The lowest BCUT2D eigenvalue weighted by atomic mass is 10.1. The van der Waals surface area contributed by atoms with Gasteiger partial charge in [-0.3, -0.25) is 4.79 Å². The molecule has 1 heterocycles. The van der Waals surface area contributed by atoms with Gasteiger partial charge in [-0.25, -0.2) is 0 Å². The lowest BCUT2D eigenvalue weighted by molar-refractivity contribution is -0.116. The summed E-state index contributed by atoms with van der Waals surface area (Å²) < 4.78 is 5.42. The second kappa shape index (κ2) is 5.99. The Kier molecular flexibility index (Phi) is 4.35. The van der Waals surface area contributed by atoms with E-state index in [0.29, 0.717) is 12.2 Å². The Morgan fingerprint density at radius 2 is 1.74 bits per heavy atom. The molecule has 4 nitrogen and oxygen atoms in total. The molecule has 2 aromatic rings. The third-order valence-corrected chi connectivity index (χ3v) is 2.62. The van der Waals surface area contributed by atoms with Crippen LogP contribution < -0.4 is 4.74 Å². The average molecular weight is 297 g/mol. The molecule has 19 heavy (non-hydrogen) atoms. The van der Waals surface area contributed by atoms with Crippen LogP contribution >= 0.6 is 23.2 Å². The van der Waals surface area contributed by atoms with Crippen LogP contribution in [0.2, 0.25) is 10.3 Å². The minimum absolute atomic E-state index is 0.0804. The first kappa shape index (κ1) is 13.8. The zero-order valence-electron chi connectivity index (χ0n) is 10.1. The molecule has 1 aromatic carbocycles. The van der Waals surface area contributed by atoms with Gasteiger partial charge in [0.2, 0.25) is 0 Å². The lowest BCUT2D eigenvalue weighted by Crippen LogP contribution is -1.96. The highest BCUT2D eigenvalue weighted by molar-refractivity contribution is 6.33. The van der Waals surface area contributed by atoms with Crippen LogP contribution in [-0.2, 0) is 11.2 Å². The van der Waals surface area contributed by atoms with Crippen molar-refractivity contribution in [1.82, 2.24) is 9.97 Å². The van der Waals surface area contributed by atoms with Gasteiger partial charge < -0.3 is 4.74 Å². The highest BCUT2D eigenvalue weighted by atomic mass is 35.5. The Hall–Kier alpha value is -1.65. The molecule has 0 saturated carbocycles. The fraction of sp³-hybridized carbons (Fsp3) is 0.154. The molecule has 6 heteroatoms. The van der Waals surface area contributed by atoms with Crippen molar-refractivity contribution >= 4 is 29.0 Å². The van der Waals surface area contributed by atoms with Gasteiger partial charge in [-0.2, -0.15) is 9.97 Å². The van der Waals surface area contributed by atoms with Crippen molar-refractivity contribution in [2.75, 3.05) is 0 Å². The molecule has 98 valence electrons. The number of halogens is 2. The molecule has 0 fully saturated rings. The van der Waals surface area contributed by atoms with Crippen molar-refractivity contribution in [2.45, 2.75) is 13.3 Å². The fourth-order valence-corrected chi connectivity index (χ4v) is 1.89. The molecule has 0 spiro atoms. The summed E-state index contributed by atoms with van der Waals surface area (Å²) in [5.41, 5.74) is 0.921. The maximum absolute atomic E-state index is 11.0. The van der Waals surface area contributed by atoms with Crippen LogP contribution in [0, 0.1) is 0 Å². The molecule has 0 N–H and O–H groups in total. The van der Waals surface area contributed by atoms with Gasteiger partial charge >= 0.3 is 6.01 Å². The molecule has 0 unspecified atom stereocenters. The van der Waals surface area contributed by atoms with Gasteiger partial charge in [0.15, 0.2) is 0 Å². The number of benzene rings is 1. The third kappa shape index (κ3) is 4.19. The van der Waals surface area contributed by atoms with E-state index in [1.165, 1.54) is 6.07 Å². The van der Waals surface area contributed by atoms with Crippen molar-refractivity contribution in [3.8, 4) is 11.8 Å². The quantitative estimate of drug-likeness (QED) is 0.807. The molecule has 0 aliphatic heterocycles. The zero-order chi connectivity index (χ0) is 13.8. The Morgan fingerprint density at radius 3 is 2.26 bits per heavy atom. The molecular formula is C13H10Cl2N2O2. The van der Waals surface area contributed by atoms with Crippen LogP contribution in [0.4, 0.5) is 0 Å². The number of carbonyl (C=O) groups excluding carboxylic acids is 1. The highest BCUT2D eigenvalue weighted by Crippen LogP contribution is 2.22. The maximum atomic E-state index is 11.0. The summed E-state index contributed by atoms with van der Waals surface area (Å²) >= 11 is 11.5. The summed E-state index contributed by atoms with van der Waals surface area (Å²) in [5, 5.41) is 0.423. The van der Waals surface area contributed by atoms with Crippen molar-refractivity contribution in [1.29, 1.82) is 0 Å². The molecular weight excluding hydrogens is 287 g/mol. The standard InChI is InChI=1S/C13H10Cl2N2O2/c1-8(18)6-9-2-4-10(5-3-9)19-13-16-11(14)7-12(15)17-13/h2-5,7H,6H2,1H3. The predicted octanol–water partition coefficient (Wildman–Crippen LogP) is 3.71. The number of hydrogen-bond donors (Lipinski definition) is 0. The van der Waals surface area contributed by atoms with E-state index in [1.807, 2.05) is 12.1 Å². The molecule has 2 rings (SSSR count). The van der Waals surface area contributed by atoms with E-state index in [-0.39, 0.29) is 22.1 Å². The molecule has 0 aliphatic rings. The number of carbonyl (C=O) groups is 1. The van der Waals surface area contributed by atoms with E-state index >= 15 is 0 Å². The topological polar surface area (TPSA) is 52.1 Å². The molecule has 0 atom stereocenters. The van der Waals surface area contributed by atoms with Crippen LogP contribution in [0.5, 0.6) is 11.8 Å². The Morgan fingerprint density at radius 1 is 1.16 bits per heavy atom. The molecule has 0 amide bonds. The predicted molar refractivity (Wildman–Crippen MR) is 73.0 cm³/mol. The Balaban J connectivity index is 2.12. The summed E-state index contributed by atoms with van der Waals surface area (Å²) in [6.07, 6.45) is 0.403. The summed E-state index contributed by atoms with van der Waals surface area (Å²) in [7, 11) is 0. The minimum atomic E-state index is 0.0804. The molecule has 0 aliphatic carbocycles. The minimum Gasteiger partial charge on any atom is -0.424 e. The van der Waals surface area contributed by atoms with Gasteiger partial charge in [-0.1, -0.05) is 35.3 Å². The fourth-order valence-electron chi connectivity index (χ4n) is 1.48. The van der Waals surface area contributed by atoms with Crippen LogP contribution in [0.25, 0.3) is 0 Å². The normalized spacial score (nSPS) is 10.3. The van der Waals surface area contributed by atoms with Gasteiger partial charge in [0.25, 0.3) is 0 Å². The maximum Gasteiger partial charge on any atom is 0.324 e.